The van der Waals surface area contributed by atoms with E-state index in [4.69, 9.17) is 4.74 Å². The molecular weight excluding hydrogens is 282 g/mol. The van der Waals surface area contributed by atoms with E-state index in [-0.39, 0.29) is 0 Å². The van der Waals surface area contributed by atoms with E-state index in [1.165, 1.54) is 6.33 Å². The molecule has 96 valence electrons. The lowest BCUT2D eigenvalue weighted by Crippen LogP contribution is -2.07. The van der Waals surface area contributed by atoms with E-state index in [1.54, 1.807) is 0 Å². The molecule has 5 heteroatoms. The Balaban J connectivity index is 2.59. The minimum Gasteiger partial charge on any atom is -0.477 e. The van der Waals surface area contributed by atoms with Gasteiger partial charge in [0.05, 0.1) is 6.61 Å². The molecule has 0 aromatic carbocycles. The first-order valence-corrected chi connectivity index (χ1v) is 6.81. The summed E-state index contributed by atoms with van der Waals surface area (Å²) < 4.78 is 6.43. The van der Waals surface area contributed by atoms with Crippen molar-refractivity contribution in [2.24, 2.45) is 5.92 Å². The summed E-state index contributed by atoms with van der Waals surface area (Å²) in [5.74, 6) is 2.04. The highest BCUT2D eigenvalue weighted by Crippen LogP contribution is 2.28. The summed E-state index contributed by atoms with van der Waals surface area (Å²) in [6.07, 6.45) is 3.60. The van der Waals surface area contributed by atoms with Crippen LogP contribution in [0.1, 0.15) is 33.6 Å². The van der Waals surface area contributed by atoms with Gasteiger partial charge in [0.25, 0.3) is 0 Å². The van der Waals surface area contributed by atoms with Gasteiger partial charge in [0.2, 0.25) is 5.88 Å². The average molecular weight is 302 g/mol. The Kier molecular flexibility index (Phi) is 6.26. The fraction of sp³-hybridized carbons (Fsp3) is 0.667. The maximum absolute atomic E-state index is 5.63. The number of anilines is 1. The summed E-state index contributed by atoms with van der Waals surface area (Å²) in [5.41, 5.74) is 0. The molecule has 0 fully saturated rings. The summed E-state index contributed by atoms with van der Waals surface area (Å²) in [6, 6.07) is 0. The number of halogens is 1. The average Bonchev–Trinajstić information content (AvgIpc) is 2.29. The molecule has 17 heavy (non-hydrogen) atoms. The molecule has 1 rings (SSSR count). The molecule has 4 nitrogen and oxygen atoms in total. The van der Waals surface area contributed by atoms with Gasteiger partial charge >= 0.3 is 0 Å². The van der Waals surface area contributed by atoms with Crippen molar-refractivity contribution in [2.45, 2.75) is 33.6 Å². The first-order valence-electron chi connectivity index (χ1n) is 6.02. The molecule has 1 aromatic heterocycles. The quantitative estimate of drug-likeness (QED) is 0.837. The smallest absolute Gasteiger partial charge is 0.233 e. The molecular formula is C12H20BrN3O. The van der Waals surface area contributed by atoms with Crippen molar-refractivity contribution in [2.75, 3.05) is 18.5 Å². The molecule has 0 aliphatic carbocycles. The maximum Gasteiger partial charge on any atom is 0.233 e. The molecule has 0 amide bonds. The normalized spacial score (nSPS) is 10.6. The molecule has 0 bridgehead atoms. The summed E-state index contributed by atoms with van der Waals surface area (Å²) in [5, 5.41) is 3.22. The highest BCUT2D eigenvalue weighted by atomic mass is 79.9. The Hall–Kier alpha value is -0.840. The minimum atomic E-state index is 0.610. The monoisotopic (exact) mass is 301 g/mol. The van der Waals surface area contributed by atoms with Gasteiger partial charge in [0, 0.05) is 6.54 Å². The van der Waals surface area contributed by atoms with E-state index in [2.05, 4.69) is 52.0 Å². The number of hydrogen-bond acceptors (Lipinski definition) is 4. The van der Waals surface area contributed by atoms with Gasteiger partial charge in [-0.05, 0) is 34.7 Å². The number of rotatable bonds is 7. The van der Waals surface area contributed by atoms with E-state index < -0.39 is 0 Å². The predicted octanol–water partition coefficient (Wildman–Crippen LogP) is 3.49. The zero-order valence-corrected chi connectivity index (χ0v) is 12.2. The maximum atomic E-state index is 5.63. The van der Waals surface area contributed by atoms with E-state index in [0.717, 1.165) is 29.7 Å². The Morgan fingerprint density at radius 1 is 1.41 bits per heavy atom. The standard InChI is InChI=1S/C12H20BrN3O/c1-4-6-14-11-10(13)12(16-8-15-11)17-7-5-9(2)3/h8-9H,4-7H2,1-3H3,(H,14,15,16). The van der Waals surface area contributed by atoms with Crippen LogP contribution < -0.4 is 10.1 Å². The Bertz CT molecular complexity index is 345. The third-order valence-corrected chi connectivity index (χ3v) is 2.95. The highest BCUT2D eigenvalue weighted by molar-refractivity contribution is 9.10. The second-order valence-electron chi connectivity index (χ2n) is 4.30. The molecule has 0 saturated heterocycles. The van der Waals surface area contributed by atoms with Gasteiger partial charge in [-0.2, -0.15) is 0 Å². The third kappa shape index (κ3) is 4.89. The van der Waals surface area contributed by atoms with Crippen LogP contribution in [-0.2, 0) is 0 Å². The largest absolute Gasteiger partial charge is 0.477 e. The van der Waals surface area contributed by atoms with Crippen LogP contribution in [0, 0.1) is 5.92 Å². The van der Waals surface area contributed by atoms with Crippen LogP contribution >= 0.6 is 15.9 Å². The van der Waals surface area contributed by atoms with Crippen molar-refractivity contribution < 1.29 is 4.74 Å². The second kappa shape index (κ2) is 7.48. The molecule has 0 spiro atoms. The zero-order valence-electron chi connectivity index (χ0n) is 10.7. The Labute approximate surface area is 111 Å². The van der Waals surface area contributed by atoms with Gasteiger partial charge in [-0.15, -0.1) is 0 Å². The SMILES string of the molecule is CCCNc1ncnc(OCCC(C)C)c1Br. The molecule has 1 heterocycles. The third-order valence-electron chi connectivity index (χ3n) is 2.23. The van der Waals surface area contributed by atoms with Crippen molar-refractivity contribution in [3.8, 4) is 5.88 Å². The van der Waals surface area contributed by atoms with Crippen molar-refractivity contribution in [3.05, 3.63) is 10.8 Å². The van der Waals surface area contributed by atoms with Gasteiger partial charge in [-0.1, -0.05) is 20.8 Å². The van der Waals surface area contributed by atoms with Gasteiger partial charge in [-0.3, -0.25) is 0 Å². The van der Waals surface area contributed by atoms with Crippen molar-refractivity contribution >= 4 is 21.7 Å². The van der Waals surface area contributed by atoms with Gasteiger partial charge < -0.3 is 10.1 Å². The predicted molar refractivity (Wildman–Crippen MR) is 73.5 cm³/mol. The first-order chi connectivity index (χ1) is 8.15. The van der Waals surface area contributed by atoms with Gasteiger partial charge in [0.15, 0.2) is 0 Å². The fourth-order valence-electron chi connectivity index (χ4n) is 1.21. The number of hydrogen-bond donors (Lipinski definition) is 1. The van der Waals surface area contributed by atoms with Crippen LogP contribution in [-0.4, -0.2) is 23.1 Å². The van der Waals surface area contributed by atoms with Gasteiger partial charge in [-0.25, -0.2) is 9.97 Å². The van der Waals surface area contributed by atoms with Crippen LogP contribution in [0.5, 0.6) is 5.88 Å². The highest BCUT2D eigenvalue weighted by Gasteiger charge is 2.09. The molecule has 1 aromatic rings. The summed E-state index contributed by atoms with van der Waals surface area (Å²) >= 11 is 3.47. The van der Waals surface area contributed by atoms with E-state index in [0.29, 0.717) is 18.4 Å². The fourth-order valence-corrected chi connectivity index (χ4v) is 1.67. The Morgan fingerprint density at radius 2 is 2.18 bits per heavy atom. The van der Waals surface area contributed by atoms with Crippen molar-refractivity contribution in [3.63, 3.8) is 0 Å². The lowest BCUT2D eigenvalue weighted by atomic mass is 10.1. The molecule has 0 aliphatic rings. The van der Waals surface area contributed by atoms with Crippen LogP contribution in [0.15, 0.2) is 10.8 Å². The topological polar surface area (TPSA) is 47.0 Å². The van der Waals surface area contributed by atoms with E-state index in [1.807, 2.05) is 0 Å². The number of nitrogens with one attached hydrogen (secondary N) is 1. The zero-order chi connectivity index (χ0) is 12.7. The number of ether oxygens (including phenoxy) is 1. The molecule has 0 saturated carbocycles. The number of aromatic nitrogens is 2. The van der Waals surface area contributed by atoms with Crippen LogP contribution in [0.25, 0.3) is 0 Å². The molecule has 0 unspecified atom stereocenters. The van der Waals surface area contributed by atoms with E-state index in [9.17, 15) is 0 Å². The lowest BCUT2D eigenvalue weighted by molar-refractivity contribution is 0.277. The van der Waals surface area contributed by atoms with Crippen LogP contribution in [0.4, 0.5) is 5.82 Å². The second-order valence-corrected chi connectivity index (χ2v) is 5.09. The summed E-state index contributed by atoms with van der Waals surface area (Å²) in [7, 11) is 0. The molecule has 0 radical (unpaired) electrons. The minimum absolute atomic E-state index is 0.610. The molecule has 0 atom stereocenters. The van der Waals surface area contributed by atoms with E-state index >= 15 is 0 Å². The van der Waals surface area contributed by atoms with Gasteiger partial charge in [0.1, 0.15) is 16.6 Å². The number of nitrogens with zero attached hydrogens (tertiary/aromatic N) is 2. The van der Waals surface area contributed by atoms with Crippen LogP contribution in [0.3, 0.4) is 0 Å². The lowest BCUT2D eigenvalue weighted by Gasteiger charge is -2.11. The summed E-state index contributed by atoms with van der Waals surface area (Å²) in [6.45, 7) is 8.03. The molecule has 1 N–H and O–H groups in total. The first kappa shape index (κ1) is 14.2. The van der Waals surface area contributed by atoms with Crippen molar-refractivity contribution in [1.29, 1.82) is 0 Å². The van der Waals surface area contributed by atoms with Crippen LogP contribution in [0.2, 0.25) is 0 Å². The molecule has 0 aliphatic heterocycles. The Morgan fingerprint density at radius 3 is 2.82 bits per heavy atom. The summed E-state index contributed by atoms with van der Waals surface area (Å²) in [4.78, 5) is 8.29. The van der Waals surface area contributed by atoms with Crippen molar-refractivity contribution in [1.82, 2.24) is 9.97 Å².